The van der Waals surface area contributed by atoms with Gasteiger partial charge >= 0.3 is 0 Å². The lowest BCUT2D eigenvalue weighted by Gasteiger charge is -2.06. The van der Waals surface area contributed by atoms with E-state index in [1.807, 2.05) is 22.6 Å². The summed E-state index contributed by atoms with van der Waals surface area (Å²) in [6, 6.07) is 8.74. The summed E-state index contributed by atoms with van der Waals surface area (Å²) in [6.07, 6.45) is 3.54. The van der Waals surface area contributed by atoms with Crippen LogP contribution in [-0.4, -0.2) is 15.2 Å². The van der Waals surface area contributed by atoms with Gasteiger partial charge in [-0.15, -0.1) is 0 Å². The predicted molar refractivity (Wildman–Crippen MR) is 74.0 cm³/mol. The van der Waals surface area contributed by atoms with Gasteiger partial charge in [-0.3, -0.25) is 4.79 Å². The number of fused-ring (bicyclic) bond motifs is 1. The first-order valence-corrected chi connectivity index (χ1v) is 6.50. The van der Waals surface area contributed by atoms with Gasteiger partial charge in [-0.1, -0.05) is 12.1 Å². The van der Waals surface area contributed by atoms with Gasteiger partial charge in [0, 0.05) is 37.0 Å². The Morgan fingerprint density at radius 2 is 2.00 bits per heavy atom. The number of carbonyl (C=O) groups is 1. The van der Waals surface area contributed by atoms with Crippen molar-refractivity contribution in [3.63, 3.8) is 0 Å². The van der Waals surface area contributed by atoms with Crippen molar-refractivity contribution < 1.29 is 13.6 Å². The number of nitrogens with zero attached hydrogens (tertiary/aromatic N) is 2. The highest BCUT2D eigenvalue weighted by molar-refractivity contribution is 5.83. The van der Waals surface area contributed by atoms with Crippen LogP contribution in [-0.2, 0) is 17.6 Å². The highest BCUT2D eigenvalue weighted by atomic mass is 19.1. The third kappa shape index (κ3) is 2.81. The first kappa shape index (κ1) is 13.4. The molecule has 0 aliphatic carbocycles. The monoisotopic (exact) mass is 286 g/mol. The molecule has 0 fully saturated rings. The van der Waals surface area contributed by atoms with Crippen LogP contribution >= 0.6 is 0 Å². The second-order valence-corrected chi connectivity index (χ2v) is 4.80. The fraction of sp³-hybridized carbons (Fsp3) is 0.125. The van der Waals surface area contributed by atoms with Crippen molar-refractivity contribution in [2.24, 2.45) is 0 Å². The largest absolute Gasteiger partial charge is 0.304 e. The maximum absolute atomic E-state index is 13.5. The van der Waals surface area contributed by atoms with Crippen LogP contribution in [0, 0.1) is 11.6 Å². The molecule has 0 saturated carbocycles. The number of hydrogen-bond acceptors (Lipinski definition) is 2. The Bertz CT molecular complexity index is 811. The van der Waals surface area contributed by atoms with Crippen molar-refractivity contribution in [2.75, 3.05) is 0 Å². The number of carbonyl (C=O) groups excluding carboxylic acids is 1. The molecule has 0 radical (unpaired) electrons. The molecule has 1 aromatic carbocycles. The molecule has 0 aliphatic rings. The van der Waals surface area contributed by atoms with Crippen LogP contribution in [0.5, 0.6) is 0 Å². The van der Waals surface area contributed by atoms with E-state index in [1.54, 1.807) is 12.4 Å². The minimum atomic E-state index is -0.691. The summed E-state index contributed by atoms with van der Waals surface area (Å²) in [5.41, 5.74) is 1.75. The number of imidazole rings is 1. The Kier molecular flexibility index (Phi) is 3.48. The molecule has 3 aromatic rings. The molecule has 0 bridgehead atoms. The summed E-state index contributed by atoms with van der Waals surface area (Å²) in [6.45, 7) is 0. The van der Waals surface area contributed by atoms with Gasteiger partial charge in [-0.05, 0) is 23.8 Å². The molecule has 3 nitrogen and oxygen atoms in total. The molecule has 0 spiro atoms. The Balaban J connectivity index is 1.79. The van der Waals surface area contributed by atoms with Crippen molar-refractivity contribution >= 4 is 11.4 Å². The molecule has 21 heavy (non-hydrogen) atoms. The Morgan fingerprint density at radius 1 is 1.14 bits per heavy atom. The number of halogens is 2. The van der Waals surface area contributed by atoms with Gasteiger partial charge in [-0.2, -0.15) is 0 Å². The highest BCUT2D eigenvalue weighted by Gasteiger charge is 2.11. The molecule has 0 N–H and O–H groups in total. The predicted octanol–water partition coefficient (Wildman–Crippen LogP) is 2.97. The summed E-state index contributed by atoms with van der Waals surface area (Å²) in [7, 11) is 0. The summed E-state index contributed by atoms with van der Waals surface area (Å²) >= 11 is 0. The van der Waals surface area contributed by atoms with Crippen LogP contribution in [0.2, 0.25) is 0 Å². The lowest BCUT2D eigenvalue weighted by molar-refractivity contribution is -0.117. The Morgan fingerprint density at radius 3 is 2.81 bits per heavy atom. The number of hydrogen-bond donors (Lipinski definition) is 0. The van der Waals surface area contributed by atoms with E-state index in [9.17, 15) is 13.6 Å². The van der Waals surface area contributed by atoms with Crippen LogP contribution in [0.3, 0.4) is 0 Å². The molecule has 106 valence electrons. The number of ketones is 1. The lowest BCUT2D eigenvalue weighted by Crippen LogP contribution is -2.10. The Labute approximate surface area is 119 Å². The van der Waals surface area contributed by atoms with Gasteiger partial charge < -0.3 is 4.40 Å². The van der Waals surface area contributed by atoms with E-state index in [1.165, 1.54) is 6.07 Å². The van der Waals surface area contributed by atoms with Crippen molar-refractivity contribution in [1.29, 1.82) is 0 Å². The van der Waals surface area contributed by atoms with Gasteiger partial charge in [0.05, 0.1) is 0 Å². The van der Waals surface area contributed by atoms with Gasteiger partial charge in [0.25, 0.3) is 0 Å². The smallest absolute Gasteiger partial charge is 0.143 e. The van der Waals surface area contributed by atoms with E-state index < -0.39 is 11.6 Å². The molecular weight excluding hydrogens is 274 g/mol. The lowest BCUT2D eigenvalue weighted by atomic mass is 10.0. The van der Waals surface area contributed by atoms with Crippen LogP contribution in [0.15, 0.2) is 48.8 Å². The van der Waals surface area contributed by atoms with Crippen molar-refractivity contribution in [3.8, 4) is 0 Å². The molecule has 5 heteroatoms. The second kappa shape index (κ2) is 5.44. The third-order valence-electron chi connectivity index (χ3n) is 3.29. The average Bonchev–Trinajstić information content (AvgIpc) is 2.91. The van der Waals surface area contributed by atoms with Crippen LogP contribution in [0.25, 0.3) is 5.65 Å². The SMILES string of the molecule is O=C(Cc1ccc(F)cc1F)Cc1cccc2nccn12. The zero-order valence-electron chi connectivity index (χ0n) is 11.1. The maximum Gasteiger partial charge on any atom is 0.143 e. The number of benzene rings is 1. The van der Waals surface area contributed by atoms with Gasteiger partial charge in [-0.25, -0.2) is 13.8 Å². The number of aromatic nitrogens is 2. The van der Waals surface area contributed by atoms with E-state index in [2.05, 4.69) is 4.98 Å². The van der Waals surface area contributed by atoms with Crippen molar-refractivity contribution in [1.82, 2.24) is 9.38 Å². The molecular formula is C16H12F2N2O. The summed E-state index contributed by atoms with van der Waals surface area (Å²) in [5.74, 6) is -1.47. The number of rotatable bonds is 4. The standard InChI is InChI=1S/C16H12F2N2O/c17-12-5-4-11(15(18)9-12)8-14(21)10-13-2-1-3-16-19-6-7-20(13)16/h1-7,9H,8,10H2. The highest BCUT2D eigenvalue weighted by Crippen LogP contribution is 2.13. The van der Waals surface area contributed by atoms with E-state index in [4.69, 9.17) is 0 Å². The fourth-order valence-corrected chi connectivity index (χ4v) is 2.29. The zero-order chi connectivity index (χ0) is 14.8. The molecule has 3 rings (SSSR count). The number of Topliss-reactive ketones (excluding diaryl/α,β-unsaturated/α-hetero) is 1. The summed E-state index contributed by atoms with van der Waals surface area (Å²) < 4.78 is 28.2. The fourth-order valence-electron chi connectivity index (χ4n) is 2.29. The van der Waals surface area contributed by atoms with Crippen LogP contribution < -0.4 is 0 Å². The van der Waals surface area contributed by atoms with E-state index in [0.717, 1.165) is 23.5 Å². The van der Waals surface area contributed by atoms with Crippen LogP contribution in [0.1, 0.15) is 11.3 Å². The first-order chi connectivity index (χ1) is 10.1. The minimum Gasteiger partial charge on any atom is -0.304 e. The van der Waals surface area contributed by atoms with Crippen molar-refractivity contribution in [3.05, 3.63) is 71.7 Å². The molecule has 0 aliphatic heterocycles. The maximum atomic E-state index is 13.5. The van der Waals surface area contributed by atoms with Gasteiger partial charge in [0.15, 0.2) is 0 Å². The first-order valence-electron chi connectivity index (χ1n) is 6.50. The molecule has 2 heterocycles. The molecule has 0 amide bonds. The van der Waals surface area contributed by atoms with E-state index >= 15 is 0 Å². The Hall–Kier alpha value is -2.56. The quantitative estimate of drug-likeness (QED) is 0.739. The second-order valence-electron chi connectivity index (χ2n) is 4.80. The van der Waals surface area contributed by atoms with E-state index in [0.29, 0.717) is 0 Å². The zero-order valence-corrected chi connectivity index (χ0v) is 11.1. The average molecular weight is 286 g/mol. The van der Waals surface area contributed by atoms with Gasteiger partial charge in [0.2, 0.25) is 0 Å². The number of pyridine rings is 1. The topological polar surface area (TPSA) is 34.4 Å². The third-order valence-corrected chi connectivity index (χ3v) is 3.29. The molecule has 0 atom stereocenters. The van der Waals surface area contributed by atoms with Gasteiger partial charge in [0.1, 0.15) is 23.1 Å². The summed E-state index contributed by atoms with van der Waals surface area (Å²) in [4.78, 5) is 16.2. The van der Waals surface area contributed by atoms with E-state index in [-0.39, 0.29) is 24.2 Å². The molecule has 0 unspecified atom stereocenters. The normalized spacial score (nSPS) is 11.0. The summed E-state index contributed by atoms with van der Waals surface area (Å²) in [5, 5.41) is 0. The van der Waals surface area contributed by atoms with Crippen molar-refractivity contribution in [2.45, 2.75) is 12.8 Å². The molecule has 2 aromatic heterocycles. The molecule has 0 saturated heterocycles. The van der Waals surface area contributed by atoms with Crippen LogP contribution in [0.4, 0.5) is 8.78 Å². The minimum absolute atomic E-state index is 0.0583.